The third-order valence-corrected chi connectivity index (χ3v) is 2.95. The van der Waals surface area contributed by atoms with Gasteiger partial charge >= 0.3 is 0 Å². The molecule has 0 heterocycles. The molecule has 0 amide bonds. The molecule has 0 saturated heterocycles. The SMILES string of the molecule is CC=CCOc1c(Cl)cc(CNC(C)(C)C)cc1OC. The van der Waals surface area contributed by atoms with Gasteiger partial charge in [0.05, 0.1) is 12.1 Å². The first-order valence-electron chi connectivity index (χ1n) is 6.72. The van der Waals surface area contributed by atoms with Gasteiger partial charge in [-0.05, 0) is 45.4 Å². The van der Waals surface area contributed by atoms with Crippen molar-refractivity contribution in [3.05, 3.63) is 34.9 Å². The van der Waals surface area contributed by atoms with Crippen LogP contribution in [0.5, 0.6) is 11.5 Å². The van der Waals surface area contributed by atoms with Gasteiger partial charge < -0.3 is 14.8 Å². The smallest absolute Gasteiger partial charge is 0.180 e. The van der Waals surface area contributed by atoms with Crippen LogP contribution in [0.25, 0.3) is 0 Å². The minimum atomic E-state index is 0.0564. The number of benzene rings is 1. The van der Waals surface area contributed by atoms with Crippen molar-refractivity contribution in [2.45, 2.75) is 39.8 Å². The fourth-order valence-corrected chi connectivity index (χ4v) is 1.90. The third kappa shape index (κ3) is 5.43. The zero-order chi connectivity index (χ0) is 15.2. The highest BCUT2D eigenvalue weighted by Gasteiger charge is 2.14. The molecule has 0 aromatic heterocycles. The van der Waals surface area contributed by atoms with Crippen molar-refractivity contribution in [1.29, 1.82) is 0 Å². The first kappa shape index (κ1) is 16.9. The van der Waals surface area contributed by atoms with E-state index in [-0.39, 0.29) is 5.54 Å². The fraction of sp³-hybridized carbons (Fsp3) is 0.500. The molecule has 0 aliphatic heterocycles. The Morgan fingerprint density at radius 2 is 2.00 bits per heavy atom. The van der Waals surface area contributed by atoms with Crippen LogP contribution in [-0.4, -0.2) is 19.3 Å². The standard InChI is InChI=1S/C16H24ClNO2/c1-6-7-8-20-15-13(17)9-12(10-14(15)19-5)11-18-16(2,3)4/h6-7,9-10,18H,8,11H2,1-5H3. The molecule has 0 bridgehead atoms. The summed E-state index contributed by atoms with van der Waals surface area (Å²) in [5, 5.41) is 3.99. The van der Waals surface area contributed by atoms with Gasteiger partial charge in [-0.3, -0.25) is 0 Å². The Kier molecular flexibility index (Phi) is 6.37. The Labute approximate surface area is 126 Å². The molecule has 0 saturated carbocycles. The summed E-state index contributed by atoms with van der Waals surface area (Å²) >= 11 is 6.29. The van der Waals surface area contributed by atoms with E-state index in [2.05, 4.69) is 26.1 Å². The van der Waals surface area contributed by atoms with Crippen LogP contribution in [0.4, 0.5) is 0 Å². The lowest BCUT2D eigenvalue weighted by molar-refractivity contribution is 0.325. The van der Waals surface area contributed by atoms with Crippen LogP contribution in [0.15, 0.2) is 24.3 Å². The van der Waals surface area contributed by atoms with Crippen molar-refractivity contribution < 1.29 is 9.47 Å². The highest BCUT2D eigenvalue weighted by atomic mass is 35.5. The molecular weight excluding hydrogens is 274 g/mol. The Hall–Kier alpha value is -1.19. The summed E-state index contributed by atoms with van der Waals surface area (Å²) < 4.78 is 11.0. The molecule has 1 rings (SSSR count). The summed E-state index contributed by atoms with van der Waals surface area (Å²) in [6, 6.07) is 3.86. The normalized spacial score (nSPS) is 11.9. The molecule has 1 aromatic carbocycles. The van der Waals surface area contributed by atoms with Gasteiger partial charge in [-0.2, -0.15) is 0 Å². The van der Waals surface area contributed by atoms with Crippen molar-refractivity contribution in [3.8, 4) is 11.5 Å². The molecule has 0 unspecified atom stereocenters. The summed E-state index contributed by atoms with van der Waals surface area (Å²) in [7, 11) is 1.62. The highest BCUT2D eigenvalue weighted by molar-refractivity contribution is 6.32. The van der Waals surface area contributed by atoms with Crippen LogP contribution >= 0.6 is 11.6 Å². The molecule has 1 aromatic rings. The van der Waals surface area contributed by atoms with Gasteiger partial charge in [-0.25, -0.2) is 0 Å². The Bertz CT molecular complexity index is 464. The van der Waals surface area contributed by atoms with Crippen molar-refractivity contribution in [2.24, 2.45) is 0 Å². The maximum Gasteiger partial charge on any atom is 0.180 e. The van der Waals surface area contributed by atoms with Crippen LogP contribution in [0.1, 0.15) is 33.3 Å². The second-order valence-electron chi connectivity index (χ2n) is 5.59. The van der Waals surface area contributed by atoms with E-state index >= 15 is 0 Å². The summed E-state index contributed by atoms with van der Waals surface area (Å²) in [6.07, 6.45) is 3.85. The van der Waals surface area contributed by atoms with Crippen LogP contribution in [0, 0.1) is 0 Å². The van der Waals surface area contributed by atoms with Gasteiger partial charge in [0.2, 0.25) is 0 Å². The molecule has 1 N–H and O–H groups in total. The second kappa shape index (κ2) is 7.55. The lowest BCUT2D eigenvalue weighted by atomic mass is 10.1. The maximum atomic E-state index is 6.29. The molecule has 0 radical (unpaired) electrons. The van der Waals surface area contributed by atoms with Gasteiger partial charge in [0.1, 0.15) is 6.61 Å². The lowest BCUT2D eigenvalue weighted by Crippen LogP contribution is -2.35. The minimum Gasteiger partial charge on any atom is -0.493 e. The van der Waals surface area contributed by atoms with E-state index < -0.39 is 0 Å². The molecule has 0 spiro atoms. The number of hydrogen-bond donors (Lipinski definition) is 1. The topological polar surface area (TPSA) is 30.5 Å². The minimum absolute atomic E-state index is 0.0564. The molecule has 0 aliphatic carbocycles. The number of nitrogens with one attached hydrogen (secondary N) is 1. The number of ether oxygens (including phenoxy) is 2. The maximum absolute atomic E-state index is 6.29. The first-order valence-corrected chi connectivity index (χ1v) is 7.10. The Balaban J connectivity index is 2.89. The number of hydrogen-bond acceptors (Lipinski definition) is 3. The number of rotatable bonds is 6. The second-order valence-corrected chi connectivity index (χ2v) is 6.00. The summed E-state index contributed by atoms with van der Waals surface area (Å²) in [5.41, 5.74) is 1.13. The lowest BCUT2D eigenvalue weighted by Gasteiger charge is -2.21. The third-order valence-electron chi connectivity index (χ3n) is 2.67. The van der Waals surface area contributed by atoms with E-state index in [1.165, 1.54) is 0 Å². The van der Waals surface area contributed by atoms with Crippen LogP contribution in [0.3, 0.4) is 0 Å². The highest BCUT2D eigenvalue weighted by Crippen LogP contribution is 2.36. The van der Waals surface area contributed by atoms with Gasteiger partial charge in [-0.1, -0.05) is 23.8 Å². The molecule has 0 atom stereocenters. The van der Waals surface area contributed by atoms with E-state index in [0.29, 0.717) is 23.1 Å². The molecule has 4 heteroatoms. The zero-order valence-corrected chi connectivity index (χ0v) is 13.7. The Morgan fingerprint density at radius 1 is 1.30 bits per heavy atom. The summed E-state index contributed by atoms with van der Waals surface area (Å²) in [4.78, 5) is 0. The monoisotopic (exact) mass is 297 g/mol. The van der Waals surface area contributed by atoms with Crippen LogP contribution < -0.4 is 14.8 Å². The van der Waals surface area contributed by atoms with E-state index in [1.807, 2.05) is 31.2 Å². The van der Waals surface area contributed by atoms with Crippen LogP contribution in [0.2, 0.25) is 5.02 Å². The largest absolute Gasteiger partial charge is 0.493 e. The summed E-state index contributed by atoms with van der Waals surface area (Å²) in [5.74, 6) is 1.25. The molecule has 3 nitrogen and oxygen atoms in total. The van der Waals surface area contributed by atoms with Gasteiger partial charge in [-0.15, -0.1) is 0 Å². The van der Waals surface area contributed by atoms with E-state index in [0.717, 1.165) is 12.1 Å². The number of allylic oxidation sites excluding steroid dienone is 1. The average molecular weight is 298 g/mol. The van der Waals surface area contributed by atoms with Crippen molar-refractivity contribution >= 4 is 11.6 Å². The molecular formula is C16H24ClNO2. The molecule has 20 heavy (non-hydrogen) atoms. The summed E-state index contributed by atoms with van der Waals surface area (Å²) in [6.45, 7) is 9.53. The van der Waals surface area contributed by atoms with E-state index in [1.54, 1.807) is 7.11 Å². The van der Waals surface area contributed by atoms with E-state index in [4.69, 9.17) is 21.1 Å². The average Bonchev–Trinajstić information content (AvgIpc) is 2.37. The van der Waals surface area contributed by atoms with Gasteiger partial charge in [0.15, 0.2) is 11.5 Å². The quantitative estimate of drug-likeness (QED) is 0.799. The Morgan fingerprint density at radius 3 is 2.55 bits per heavy atom. The molecule has 112 valence electrons. The number of halogens is 1. The van der Waals surface area contributed by atoms with Gasteiger partial charge in [0, 0.05) is 12.1 Å². The predicted octanol–water partition coefficient (Wildman–Crippen LogP) is 4.19. The predicted molar refractivity (Wildman–Crippen MR) is 84.9 cm³/mol. The van der Waals surface area contributed by atoms with E-state index in [9.17, 15) is 0 Å². The zero-order valence-electron chi connectivity index (χ0n) is 12.9. The molecule has 0 aliphatic rings. The van der Waals surface area contributed by atoms with Crippen molar-refractivity contribution in [2.75, 3.05) is 13.7 Å². The number of methoxy groups -OCH3 is 1. The fourth-order valence-electron chi connectivity index (χ4n) is 1.61. The van der Waals surface area contributed by atoms with Crippen molar-refractivity contribution in [1.82, 2.24) is 5.32 Å². The van der Waals surface area contributed by atoms with Gasteiger partial charge in [0.25, 0.3) is 0 Å². The first-order chi connectivity index (χ1) is 9.37. The molecule has 0 fully saturated rings. The van der Waals surface area contributed by atoms with Crippen molar-refractivity contribution in [3.63, 3.8) is 0 Å². The van der Waals surface area contributed by atoms with Crippen LogP contribution in [-0.2, 0) is 6.54 Å².